The molecule has 0 bridgehead atoms. The van der Waals surface area contributed by atoms with Crippen molar-refractivity contribution in [2.45, 2.75) is 43.6 Å². The summed E-state index contributed by atoms with van der Waals surface area (Å²) >= 11 is 1.26. The fraction of sp³-hybridized carbons (Fsp3) is 0.727. The van der Waals surface area contributed by atoms with Crippen LogP contribution in [0.4, 0.5) is 0 Å². The van der Waals surface area contributed by atoms with Crippen molar-refractivity contribution < 1.29 is 13.2 Å². The van der Waals surface area contributed by atoms with E-state index in [4.69, 9.17) is 4.74 Å². The maximum Gasteiger partial charge on any atom is 0.209 e. The molecule has 0 N–H and O–H groups in total. The zero-order chi connectivity index (χ0) is 12.5. The molecule has 0 radical (unpaired) electrons. The van der Waals surface area contributed by atoms with E-state index in [-0.39, 0.29) is 16.2 Å². The molecule has 1 aliphatic heterocycles. The highest BCUT2D eigenvalue weighted by molar-refractivity contribution is 7.93. The fourth-order valence-electron chi connectivity index (χ4n) is 1.83. The van der Waals surface area contributed by atoms with Crippen LogP contribution in [0, 0.1) is 13.8 Å². The van der Waals surface area contributed by atoms with Crippen molar-refractivity contribution in [2.24, 2.45) is 0 Å². The van der Waals surface area contributed by atoms with Gasteiger partial charge in [-0.2, -0.15) is 0 Å². The first kappa shape index (κ1) is 13.0. The number of sulfone groups is 1. The molecule has 0 amide bonds. The Balaban J connectivity index is 2.12. The number of hydrogen-bond acceptors (Lipinski definition) is 5. The van der Waals surface area contributed by atoms with Crippen molar-refractivity contribution in [2.75, 3.05) is 12.4 Å². The van der Waals surface area contributed by atoms with Crippen molar-refractivity contribution in [3.8, 4) is 0 Å². The maximum absolute atomic E-state index is 12.1. The lowest BCUT2D eigenvalue weighted by Crippen LogP contribution is -2.27. The Labute approximate surface area is 106 Å². The van der Waals surface area contributed by atoms with Crippen LogP contribution in [-0.4, -0.2) is 31.9 Å². The minimum Gasteiger partial charge on any atom is -0.377 e. The largest absolute Gasteiger partial charge is 0.377 e. The molecule has 96 valence electrons. The maximum atomic E-state index is 12.1. The van der Waals surface area contributed by atoms with E-state index < -0.39 is 9.84 Å². The van der Waals surface area contributed by atoms with Crippen LogP contribution >= 0.6 is 11.3 Å². The number of ether oxygens (including phenoxy) is 1. The summed E-state index contributed by atoms with van der Waals surface area (Å²) in [6, 6.07) is 0. The van der Waals surface area contributed by atoms with Crippen molar-refractivity contribution in [3.63, 3.8) is 0 Å². The third kappa shape index (κ3) is 3.05. The van der Waals surface area contributed by atoms with Crippen LogP contribution in [0.1, 0.15) is 29.8 Å². The van der Waals surface area contributed by atoms with E-state index in [0.717, 1.165) is 29.8 Å². The average molecular weight is 275 g/mol. The summed E-state index contributed by atoms with van der Waals surface area (Å²) in [7, 11) is -3.28. The van der Waals surface area contributed by atoms with Crippen LogP contribution in [0.25, 0.3) is 0 Å². The third-order valence-corrected chi connectivity index (χ3v) is 6.27. The molecule has 1 fully saturated rings. The molecule has 4 nitrogen and oxygen atoms in total. The standard InChI is InChI=1S/C11H17NO3S2/c1-8-9(2)16-11(12-8)17(13,14)7-10-5-3-4-6-15-10/h10H,3-7H2,1-2H3/t10-/m1/s1. The van der Waals surface area contributed by atoms with Crippen molar-refractivity contribution in [1.29, 1.82) is 0 Å². The fourth-order valence-corrected chi connectivity index (χ4v) is 4.73. The van der Waals surface area contributed by atoms with E-state index in [2.05, 4.69) is 4.98 Å². The molecule has 17 heavy (non-hydrogen) atoms. The van der Waals surface area contributed by atoms with E-state index in [1.807, 2.05) is 13.8 Å². The Morgan fingerprint density at radius 1 is 1.41 bits per heavy atom. The number of nitrogens with zero attached hydrogens (tertiary/aromatic N) is 1. The molecule has 1 atom stereocenters. The zero-order valence-electron chi connectivity index (χ0n) is 10.1. The van der Waals surface area contributed by atoms with Gasteiger partial charge in [0.25, 0.3) is 0 Å². The van der Waals surface area contributed by atoms with E-state index in [9.17, 15) is 8.42 Å². The molecule has 2 heterocycles. The van der Waals surface area contributed by atoms with E-state index in [0.29, 0.717) is 6.61 Å². The quantitative estimate of drug-likeness (QED) is 0.847. The highest BCUT2D eigenvalue weighted by Crippen LogP contribution is 2.24. The second-order valence-electron chi connectivity index (χ2n) is 4.39. The number of rotatable bonds is 3. The Bertz CT molecular complexity index is 467. The smallest absolute Gasteiger partial charge is 0.209 e. The summed E-state index contributed by atoms with van der Waals surface area (Å²) in [6.07, 6.45) is 2.77. The van der Waals surface area contributed by atoms with Gasteiger partial charge < -0.3 is 4.74 Å². The molecule has 6 heteroatoms. The van der Waals surface area contributed by atoms with E-state index in [1.165, 1.54) is 11.3 Å². The summed E-state index contributed by atoms with van der Waals surface area (Å²) in [4.78, 5) is 5.09. The summed E-state index contributed by atoms with van der Waals surface area (Å²) < 4.78 is 30.0. The minimum absolute atomic E-state index is 0.0688. The third-order valence-electron chi connectivity index (χ3n) is 2.95. The topological polar surface area (TPSA) is 56.3 Å². The Kier molecular flexibility index (Phi) is 3.85. The Morgan fingerprint density at radius 2 is 2.18 bits per heavy atom. The molecular weight excluding hydrogens is 258 g/mol. The molecule has 1 aromatic rings. The molecule has 0 spiro atoms. The lowest BCUT2D eigenvalue weighted by molar-refractivity contribution is 0.0305. The molecule has 0 aliphatic carbocycles. The summed E-state index contributed by atoms with van der Waals surface area (Å²) in [6.45, 7) is 4.40. The second-order valence-corrected chi connectivity index (χ2v) is 7.80. The Morgan fingerprint density at radius 3 is 2.71 bits per heavy atom. The lowest BCUT2D eigenvalue weighted by atomic mass is 10.1. The van der Waals surface area contributed by atoms with Crippen LogP contribution in [0.2, 0.25) is 0 Å². The molecular formula is C11H17NO3S2. The molecule has 0 unspecified atom stereocenters. The molecule has 2 rings (SSSR count). The van der Waals surface area contributed by atoms with Gasteiger partial charge in [-0.15, -0.1) is 11.3 Å². The first-order valence-electron chi connectivity index (χ1n) is 5.77. The van der Waals surface area contributed by atoms with Crippen molar-refractivity contribution in [1.82, 2.24) is 4.98 Å². The monoisotopic (exact) mass is 275 g/mol. The highest BCUT2D eigenvalue weighted by atomic mass is 32.2. The first-order chi connectivity index (χ1) is 7.99. The molecule has 1 saturated heterocycles. The van der Waals surface area contributed by atoms with E-state index >= 15 is 0 Å². The van der Waals surface area contributed by atoms with Gasteiger partial charge in [-0.1, -0.05) is 0 Å². The summed E-state index contributed by atoms with van der Waals surface area (Å²) in [5.74, 6) is 0.0688. The molecule has 1 aliphatic rings. The summed E-state index contributed by atoms with van der Waals surface area (Å²) in [5.41, 5.74) is 0.804. The highest BCUT2D eigenvalue weighted by Gasteiger charge is 2.26. The first-order valence-corrected chi connectivity index (χ1v) is 8.24. The number of aryl methyl sites for hydroxylation is 2. The number of thiazole rings is 1. The molecule has 0 aromatic carbocycles. The van der Waals surface area contributed by atoms with Crippen molar-refractivity contribution >= 4 is 21.2 Å². The predicted octanol–water partition coefficient (Wildman–Crippen LogP) is 2.10. The van der Waals surface area contributed by atoms with Gasteiger partial charge in [0, 0.05) is 11.5 Å². The van der Waals surface area contributed by atoms with Gasteiger partial charge in [0.1, 0.15) is 0 Å². The van der Waals surface area contributed by atoms with Crippen LogP contribution in [-0.2, 0) is 14.6 Å². The van der Waals surface area contributed by atoms with Crippen LogP contribution in [0.5, 0.6) is 0 Å². The van der Waals surface area contributed by atoms with Crippen LogP contribution < -0.4 is 0 Å². The predicted molar refractivity (Wildman–Crippen MR) is 67.2 cm³/mol. The van der Waals surface area contributed by atoms with Gasteiger partial charge in [-0.05, 0) is 33.1 Å². The normalized spacial score (nSPS) is 21.6. The van der Waals surface area contributed by atoms with Gasteiger partial charge >= 0.3 is 0 Å². The SMILES string of the molecule is Cc1nc(S(=O)(=O)C[C@H]2CCCCO2)sc1C. The van der Waals surface area contributed by atoms with Crippen LogP contribution in [0.15, 0.2) is 4.34 Å². The van der Waals surface area contributed by atoms with Crippen molar-refractivity contribution in [3.05, 3.63) is 10.6 Å². The van der Waals surface area contributed by atoms with Gasteiger partial charge in [0.05, 0.1) is 17.6 Å². The number of hydrogen-bond donors (Lipinski definition) is 0. The average Bonchev–Trinajstić information content (AvgIpc) is 2.61. The van der Waals surface area contributed by atoms with Gasteiger partial charge in [0.2, 0.25) is 14.2 Å². The van der Waals surface area contributed by atoms with Gasteiger partial charge in [-0.3, -0.25) is 0 Å². The Hall–Kier alpha value is -0.460. The minimum atomic E-state index is -3.28. The molecule has 0 saturated carbocycles. The van der Waals surface area contributed by atoms with Crippen LogP contribution in [0.3, 0.4) is 0 Å². The summed E-state index contributed by atoms with van der Waals surface area (Å²) in [5, 5.41) is 0. The second kappa shape index (κ2) is 5.04. The van der Waals surface area contributed by atoms with E-state index in [1.54, 1.807) is 0 Å². The lowest BCUT2D eigenvalue weighted by Gasteiger charge is -2.21. The zero-order valence-corrected chi connectivity index (χ0v) is 11.7. The molecule has 1 aromatic heterocycles. The van der Waals surface area contributed by atoms with Gasteiger partial charge in [-0.25, -0.2) is 13.4 Å². The van der Waals surface area contributed by atoms with Gasteiger partial charge in [0.15, 0.2) is 0 Å². The number of aromatic nitrogens is 1.